The van der Waals surface area contributed by atoms with Crippen molar-refractivity contribution in [2.45, 2.75) is 50.6 Å². The number of benzene rings is 3. The topological polar surface area (TPSA) is 135 Å². The quantitative estimate of drug-likeness (QED) is 0.145. The van der Waals surface area contributed by atoms with E-state index in [-0.39, 0.29) is 47.2 Å². The number of nitrogens with one attached hydrogen (secondary N) is 1. The molecule has 1 saturated heterocycles. The van der Waals surface area contributed by atoms with Crippen molar-refractivity contribution >= 4 is 27.5 Å². The first-order valence-corrected chi connectivity index (χ1v) is 18.2. The number of hydrogen-bond donors (Lipinski definition) is 1. The normalized spacial score (nSPS) is 16.4. The third-order valence-electron chi connectivity index (χ3n) is 9.70. The van der Waals surface area contributed by atoms with Gasteiger partial charge in [-0.1, -0.05) is 47.6 Å². The first-order valence-electron chi connectivity index (χ1n) is 16.7. The maximum Gasteiger partial charge on any atom is 0.264 e. The monoisotopic (exact) mass is 701 g/mol. The number of carbonyl (C=O) groups is 2. The molecule has 0 saturated carbocycles. The zero-order valence-corrected chi connectivity index (χ0v) is 29.8. The van der Waals surface area contributed by atoms with E-state index in [1.807, 2.05) is 18.2 Å². The van der Waals surface area contributed by atoms with Gasteiger partial charge in [-0.15, -0.1) is 0 Å². The maximum absolute atomic E-state index is 14.4. The van der Waals surface area contributed by atoms with Gasteiger partial charge >= 0.3 is 0 Å². The van der Waals surface area contributed by atoms with Crippen LogP contribution in [0.5, 0.6) is 11.5 Å². The Labute approximate surface area is 293 Å². The molecule has 50 heavy (non-hydrogen) atoms. The fourth-order valence-electron chi connectivity index (χ4n) is 7.06. The van der Waals surface area contributed by atoms with Crippen LogP contribution in [-0.2, 0) is 10.0 Å². The summed E-state index contributed by atoms with van der Waals surface area (Å²) in [4.78, 5) is 34.5. The summed E-state index contributed by atoms with van der Waals surface area (Å²) in [5, 5.41) is 3.76. The van der Waals surface area contributed by atoms with Gasteiger partial charge in [0.25, 0.3) is 11.8 Å². The molecule has 12 nitrogen and oxygen atoms in total. The fourth-order valence-corrected chi connectivity index (χ4v) is 8.46. The van der Waals surface area contributed by atoms with Gasteiger partial charge < -0.3 is 18.9 Å². The van der Waals surface area contributed by atoms with Crippen molar-refractivity contribution in [3.05, 3.63) is 100 Å². The molecular weight excluding hydrogens is 659 g/mol. The number of aryl methyl sites for hydroxylation is 2. The minimum atomic E-state index is -3.89. The van der Waals surface area contributed by atoms with E-state index >= 15 is 0 Å². The summed E-state index contributed by atoms with van der Waals surface area (Å²) < 4.78 is 44.8. The van der Waals surface area contributed by atoms with Crippen molar-refractivity contribution in [3.63, 3.8) is 0 Å². The van der Waals surface area contributed by atoms with E-state index in [1.54, 1.807) is 38.1 Å². The molecule has 1 unspecified atom stereocenters. The van der Waals surface area contributed by atoms with E-state index in [4.69, 9.17) is 14.0 Å². The number of fused-ring (bicyclic) bond motifs is 1. The van der Waals surface area contributed by atoms with Crippen LogP contribution >= 0.6 is 0 Å². The Balaban J connectivity index is 1.24. The molecule has 2 aliphatic rings. The van der Waals surface area contributed by atoms with E-state index in [0.29, 0.717) is 47.7 Å². The lowest BCUT2D eigenvalue weighted by Crippen LogP contribution is -2.47. The van der Waals surface area contributed by atoms with E-state index in [2.05, 4.69) is 50.9 Å². The van der Waals surface area contributed by atoms with E-state index in [1.165, 1.54) is 24.7 Å². The van der Waals surface area contributed by atoms with Crippen LogP contribution in [0.25, 0.3) is 0 Å². The summed E-state index contributed by atoms with van der Waals surface area (Å²) in [5.74, 6) is 0.393. The lowest BCUT2D eigenvalue weighted by Gasteiger charge is -2.39. The number of carbonyl (C=O) groups excluding carboxylic acids is 2. The second kappa shape index (κ2) is 14.6. The molecule has 1 aromatic heterocycles. The highest BCUT2D eigenvalue weighted by Gasteiger charge is 2.43. The number of anilines is 1. The SMILES string of the molecule is COc1ccc([C@@H](CCCNS(=O)(=O)c2c(C)noc2C)N2C(=O)c3cccc(N4CCN(C(C)c5ccccc5)CC4)c3C2=O)cc1OC. The lowest BCUT2D eigenvalue weighted by molar-refractivity contribution is 0.0572. The molecule has 0 spiro atoms. The van der Waals surface area contributed by atoms with Crippen molar-refractivity contribution in [3.8, 4) is 11.5 Å². The van der Waals surface area contributed by atoms with Crippen LogP contribution in [0.1, 0.15) is 75.1 Å². The summed E-state index contributed by atoms with van der Waals surface area (Å²) in [7, 11) is -0.829. The van der Waals surface area contributed by atoms with Crippen LogP contribution in [-0.4, -0.2) is 82.1 Å². The highest BCUT2D eigenvalue weighted by molar-refractivity contribution is 7.89. The molecule has 0 bridgehead atoms. The number of methoxy groups -OCH3 is 2. The largest absolute Gasteiger partial charge is 0.493 e. The average molecular weight is 702 g/mol. The maximum atomic E-state index is 14.4. The minimum Gasteiger partial charge on any atom is -0.493 e. The Kier molecular flexibility index (Phi) is 10.3. The Hall–Kier alpha value is -4.72. The van der Waals surface area contributed by atoms with Gasteiger partial charge in [0.05, 0.1) is 37.1 Å². The van der Waals surface area contributed by atoms with E-state index in [9.17, 15) is 18.0 Å². The predicted molar refractivity (Wildman–Crippen MR) is 188 cm³/mol. The Morgan fingerprint density at radius 2 is 1.60 bits per heavy atom. The Morgan fingerprint density at radius 1 is 0.880 bits per heavy atom. The molecule has 2 atom stereocenters. The Bertz CT molecular complexity index is 1950. The Morgan fingerprint density at radius 3 is 2.26 bits per heavy atom. The van der Waals surface area contributed by atoms with Gasteiger partial charge in [-0.3, -0.25) is 19.4 Å². The molecule has 3 aromatic carbocycles. The molecule has 3 heterocycles. The summed E-state index contributed by atoms with van der Waals surface area (Å²) in [6, 6.07) is 20.7. The van der Waals surface area contributed by atoms with Gasteiger partial charge in [0.2, 0.25) is 10.0 Å². The summed E-state index contributed by atoms with van der Waals surface area (Å²) in [6.07, 6.45) is 0.611. The predicted octanol–water partition coefficient (Wildman–Crippen LogP) is 5.29. The smallest absolute Gasteiger partial charge is 0.264 e. The molecule has 13 heteroatoms. The number of aromatic nitrogens is 1. The van der Waals surface area contributed by atoms with Crippen LogP contribution in [0, 0.1) is 13.8 Å². The number of piperazine rings is 1. The molecule has 4 aromatic rings. The zero-order valence-electron chi connectivity index (χ0n) is 29.0. The third-order valence-corrected chi connectivity index (χ3v) is 11.4. The number of nitrogens with zero attached hydrogens (tertiary/aromatic N) is 4. The molecule has 264 valence electrons. The highest BCUT2D eigenvalue weighted by atomic mass is 32.2. The first kappa shape index (κ1) is 35.1. The van der Waals surface area contributed by atoms with Crippen molar-refractivity contribution in [1.82, 2.24) is 19.7 Å². The number of amides is 2. The highest BCUT2D eigenvalue weighted by Crippen LogP contribution is 2.41. The molecule has 1 fully saturated rings. The van der Waals surface area contributed by atoms with Gasteiger partial charge in [-0.2, -0.15) is 0 Å². The number of imide groups is 1. The number of ether oxygens (including phenoxy) is 2. The van der Waals surface area contributed by atoms with E-state index in [0.717, 1.165) is 18.8 Å². The number of hydrogen-bond acceptors (Lipinski definition) is 10. The van der Waals surface area contributed by atoms with Crippen LogP contribution in [0.15, 0.2) is 76.1 Å². The van der Waals surface area contributed by atoms with E-state index < -0.39 is 16.1 Å². The second-order valence-corrected chi connectivity index (χ2v) is 14.3. The van der Waals surface area contributed by atoms with Gasteiger partial charge in [0, 0.05) is 38.8 Å². The van der Waals surface area contributed by atoms with Gasteiger partial charge in [-0.25, -0.2) is 13.1 Å². The molecule has 2 amide bonds. The zero-order chi connectivity index (χ0) is 35.6. The van der Waals surface area contributed by atoms with Crippen molar-refractivity contribution in [2.75, 3.05) is 51.8 Å². The first-order chi connectivity index (χ1) is 24.1. The van der Waals surface area contributed by atoms with Gasteiger partial charge in [0.1, 0.15) is 10.6 Å². The molecule has 1 N–H and O–H groups in total. The summed E-state index contributed by atoms with van der Waals surface area (Å²) >= 11 is 0. The minimum absolute atomic E-state index is 0.0113. The van der Waals surface area contributed by atoms with Crippen molar-refractivity contribution < 1.29 is 32.0 Å². The van der Waals surface area contributed by atoms with Gasteiger partial charge in [-0.05, 0) is 69.0 Å². The number of sulfonamides is 1. The second-order valence-electron chi connectivity index (χ2n) is 12.6. The standard InChI is InChI=1S/C37H43N5O7S/c1-24-35(26(3)49-39-24)50(45,46)38-18-10-15-30(28-16-17-32(47-4)33(23-28)48-5)42-36(43)29-13-9-14-31(34(29)37(42)44)41-21-19-40(20-22-41)25(2)27-11-7-6-8-12-27/h6-9,11-14,16-17,23,25,30,38H,10,15,18-22H2,1-5H3/t25?,30-/m1/s1. The van der Waals surface area contributed by atoms with Crippen LogP contribution in [0.2, 0.25) is 0 Å². The summed E-state index contributed by atoms with van der Waals surface area (Å²) in [5.41, 5.74) is 3.69. The molecule has 2 aliphatic heterocycles. The van der Waals surface area contributed by atoms with Crippen LogP contribution in [0.3, 0.4) is 0 Å². The number of rotatable bonds is 13. The molecular formula is C37H43N5O7S. The fraction of sp³-hybridized carbons (Fsp3) is 0.378. The van der Waals surface area contributed by atoms with Gasteiger partial charge in [0.15, 0.2) is 17.3 Å². The van der Waals surface area contributed by atoms with Crippen LogP contribution < -0.4 is 19.1 Å². The third kappa shape index (κ3) is 6.72. The lowest BCUT2D eigenvalue weighted by atomic mass is 9.99. The van der Waals surface area contributed by atoms with Crippen molar-refractivity contribution in [1.29, 1.82) is 0 Å². The average Bonchev–Trinajstić information content (AvgIpc) is 3.62. The summed E-state index contributed by atoms with van der Waals surface area (Å²) in [6.45, 7) is 8.42. The molecule has 0 aliphatic carbocycles. The van der Waals surface area contributed by atoms with Crippen LogP contribution in [0.4, 0.5) is 5.69 Å². The molecule has 6 rings (SSSR count). The molecule has 0 radical (unpaired) electrons. The van der Waals surface area contributed by atoms with Crippen molar-refractivity contribution in [2.24, 2.45) is 0 Å².